The topological polar surface area (TPSA) is 119 Å². The van der Waals surface area contributed by atoms with Gasteiger partial charge in [-0.15, -0.1) is 0 Å². The minimum absolute atomic E-state index is 0.120. The van der Waals surface area contributed by atoms with E-state index in [4.69, 9.17) is 14.2 Å². The quantitative estimate of drug-likeness (QED) is 0.500. The van der Waals surface area contributed by atoms with Crippen LogP contribution in [-0.4, -0.2) is 49.2 Å². The number of ketones is 1. The molecule has 2 aromatic rings. The summed E-state index contributed by atoms with van der Waals surface area (Å²) >= 11 is 0. The zero-order valence-electron chi connectivity index (χ0n) is 20.3. The van der Waals surface area contributed by atoms with E-state index in [1.165, 1.54) is 24.1 Å². The molecule has 0 saturated heterocycles. The maximum Gasteiger partial charge on any atom is 0.285 e. The Kier molecular flexibility index (Phi) is 8.66. The molecule has 0 aliphatic carbocycles. The van der Waals surface area contributed by atoms with Crippen LogP contribution in [0.4, 0.5) is 5.69 Å². The molecule has 10 heteroatoms. The molecule has 2 amide bonds. The summed E-state index contributed by atoms with van der Waals surface area (Å²) in [6.45, 7) is 8.05. The molecule has 3 rings (SSSR count). The smallest absolute Gasteiger partial charge is 0.285 e. The maximum atomic E-state index is 12.8. The van der Waals surface area contributed by atoms with Gasteiger partial charge in [0.1, 0.15) is 11.8 Å². The highest BCUT2D eigenvalue weighted by molar-refractivity contribution is 6.40. The number of hydrazine groups is 1. The van der Waals surface area contributed by atoms with Crippen LogP contribution < -0.4 is 30.1 Å². The molecule has 0 spiro atoms. The number of carbonyl (C=O) groups excluding carboxylic acids is 3. The minimum atomic E-state index is -0.607. The first-order chi connectivity index (χ1) is 16.9. The molecule has 0 aromatic heterocycles. The van der Waals surface area contributed by atoms with Crippen LogP contribution in [0, 0.1) is 0 Å². The van der Waals surface area contributed by atoms with Crippen molar-refractivity contribution in [3.63, 3.8) is 0 Å². The average molecular weight is 483 g/mol. The summed E-state index contributed by atoms with van der Waals surface area (Å²) in [6.07, 6.45) is 0.123. The van der Waals surface area contributed by atoms with Gasteiger partial charge in [0.05, 0.1) is 25.5 Å². The first-order valence-electron chi connectivity index (χ1n) is 11.5. The lowest BCUT2D eigenvalue weighted by molar-refractivity contribution is -0.118. The molecule has 1 aliphatic rings. The van der Waals surface area contributed by atoms with Crippen molar-refractivity contribution < 1.29 is 28.6 Å². The number of para-hydroxylation sites is 1. The van der Waals surface area contributed by atoms with Gasteiger partial charge in [-0.2, -0.15) is 5.10 Å². The molecule has 0 fully saturated rings. The lowest BCUT2D eigenvalue weighted by Gasteiger charge is -2.20. The molecule has 10 nitrogen and oxygen atoms in total. The molecule has 1 heterocycles. The van der Waals surface area contributed by atoms with Gasteiger partial charge in [0.25, 0.3) is 11.8 Å². The van der Waals surface area contributed by atoms with Crippen LogP contribution in [0.1, 0.15) is 44.5 Å². The molecular formula is C25H30N4O6. The number of hydrazone groups is 1. The van der Waals surface area contributed by atoms with Crippen LogP contribution >= 0.6 is 0 Å². The molecule has 1 unspecified atom stereocenters. The molecule has 0 bridgehead atoms. The third-order valence-corrected chi connectivity index (χ3v) is 5.12. The van der Waals surface area contributed by atoms with Gasteiger partial charge in [-0.3, -0.25) is 30.2 Å². The van der Waals surface area contributed by atoms with E-state index in [9.17, 15) is 14.4 Å². The van der Waals surface area contributed by atoms with Crippen LogP contribution in [0.2, 0.25) is 0 Å². The molecule has 0 radical (unpaired) electrons. The summed E-state index contributed by atoms with van der Waals surface area (Å²) in [5.74, 6) is -0.174. The number of Topliss-reactive ketones (excluding diaryl/α,β-unsaturated/α-hetero) is 1. The Morgan fingerprint density at radius 1 is 0.914 bits per heavy atom. The zero-order chi connectivity index (χ0) is 25.4. The molecule has 2 N–H and O–H groups in total. The Hall–Kier alpha value is -4.08. The van der Waals surface area contributed by atoms with Crippen molar-refractivity contribution in [1.82, 2.24) is 10.9 Å². The summed E-state index contributed by atoms with van der Waals surface area (Å²) in [5.41, 5.74) is 5.80. The van der Waals surface area contributed by atoms with Crippen molar-refractivity contribution in [1.29, 1.82) is 0 Å². The normalized spacial score (nSPS) is 14.7. The van der Waals surface area contributed by atoms with Gasteiger partial charge in [-0.05, 0) is 52.0 Å². The highest BCUT2D eigenvalue weighted by Gasteiger charge is 2.34. The minimum Gasteiger partial charge on any atom is -0.490 e. The number of nitrogens with one attached hydrogen (secondary N) is 2. The Labute approximate surface area is 204 Å². The van der Waals surface area contributed by atoms with E-state index >= 15 is 0 Å². The van der Waals surface area contributed by atoms with Gasteiger partial charge in [-0.25, -0.2) is 0 Å². The van der Waals surface area contributed by atoms with E-state index in [0.29, 0.717) is 42.8 Å². The van der Waals surface area contributed by atoms with Crippen LogP contribution in [0.25, 0.3) is 0 Å². The molecule has 1 aliphatic heterocycles. The van der Waals surface area contributed by atoms with Crippen LogP contribution in [-0.2, 0) is 9.59 Å². The highest BCUT2D eigenvalue weighted by atomic mass is 16.5. The predicted octanol–water partition coefficient (Wildman–Crippen LogP) is 2.87. The molecule has 1 atom stereocenters. The Morgan fingerprint density at radius 2 is 1.49 bits per heavy atom. The second-order valence-corrected chi connectivity index (χ2v) is 7.57. The van der Waals surface area contributed by atoms with E-state index in [2.05, 4.69) is 16.0 Å². The maximum absolute atomic E-state index is 12.8. The number of carbonyl (C=O) groups is 3. The van der Waals surface area contributed by atoms with Crippen molar-refractivity contribution in [3.05, 3.63) is 48.0 Å². The van der Waals surface area contributed by atoms with Gasteiger partial charge in [0.2, 0.25) is 5.75 Å². The molecule has 2 aromatic carbocycles. The third kappa shape index (κ3) is 6.08. The van der Waals surface area contributed by atoms with Crippen molar-refractivity contribution in [2.24, 2.45) is 5.10 Å². The number of rotatable bonds is 10. The monoisotopic (exact) mass is 482 g/mol. The van der Waals surface area contributed by atoms with Crippen LogP contribution in [0.15, 0.2) is 47.6 Å². The first-order valence-corrected chi connectivity index (χ1v) is 11.5. The van der Waals surface area contributed by atoms with Crippen LogP contribution in [0.5, 0.6) is 17.2 Å². The highest BCUT2D eigenvalue weighted by Crippen LogP contribution is 2.39. The van der Waals surface area contributed by atoms with E-state index in [1.54, 1.807) is 12.1 Å². The first kappa shape index (κ1) is 25.5. The summed E-state index contributed by atoms with van der Waals surface area (Å²) in [7, 11) is 0. The summed E-state index contributed by atoms with van der Waals surface area (Å²) in [4.78, 5) is 37.7. The number of hydrogen-bond acceptors (Lipinski definition) is 8. The Balaban J connectivity index is 1.75. The Bertz CT molecular complexity index is 1080. The number of nitrogens with zero attached hydrogens (tertiary/aromatic N) is 2. The molecule has 186 valence electrons. The van der Waals surface area contributed by atoms with Crippen molar-refractivity contribution in [2.45, 2.75) is 40.2 Å². The second kappa shape index (κ2) is 11.9. The standard InChI is InChI=1S/C25H30N4O6/c1-5-33-21-13-17(14-22(34-6-2)23(21)35-7-3)24(31)26-27-25(32)19-15-20(16(4)30)29(28-19)18-11-9-8-10-12-18/h8-14,20H,5-7,15H2,1-4H3,(H,26,31)(H,27,32). The van der Waals surface area contributed by atoms with Gasteiger partial charge in [0, 0.05) is 12.0 Å². The third-order valence-electron chi connectivity index (χ3n) is 5.12. The largest absolute Gasteiger partial charge is 0.490 e. The fourth-order valence-electron chi connectivity index (χ4n) is 3.56. The number of hydrogen-bond donors (Lipinski definition) is 2. The number of anilines is 1. The fraction of sp³-hybridized carbons (Fsp3) is 0.360. The summed E-state index contributed by atoms with van der Waals surface area (Å²) < 4.78 is 16.9. The molecule has 0 saturated carbocycles. The number of ether oxygens (including phenoxy) is 3. The van der Waals surface area contributed by atoms with Gasteiger partial charge in [0.15, 0.2) is 17.3 Å². The van der Waals surface area contributed by atoms with E-state index in [-0.39, 0.29) is 23.5 Å². The van der Waals surface area contributed by atoms with Crippen molar-refractivity contribution in [3.8, 4) is 17.2 Å². The van der Waals surface area contributed by atoms with Gasteiger partial charge >= 0.3 is 0 Å². The van der Waals surface area contributed by atoms with Crippen molar-refractivity contribution >= 4 is 29.0 Å². The SMILES string of the molecule is CCOc1cc(C(=O)NNC(=O)C2=NN(c3ccccc3)C(C(C)=O)C2)cc(OCC)c1OCC. The average Bonchev–Trinajstić information content (AvgIpc) is 3.31. The fourth-order valence-corrected chi connectivity index (χ4v) is 3.56. The second-order valence-electron chi connectivity index (χ2n) is 7.57. The number of amides is 2. The molecule has 35 heavy (non-hydrogen) atoms. The zero-order valence-corrected chi connectivity index (χ0v) is 20.3. The lowest BCUT2D eigenvalue weighted by Crippen LogP contribution is -2.45. The van der Waals surface area contributed by atoms with Crippen molar-refractivity contribution in [2.75, 3.05) is 24.8 Å². The van der Waals surface area contributed by atoms with E-state index in [0.717, 1.165) is 0 Å². The summed E-state index contributed by atoms with van der Waals surface area (Å²) in [5, 5.41) is 5.85. The predicted molar refractivity (Wildman–Crippen MR) is 131 cm³/mol. The Morgan fingerprint density at radius 3 is 2.03 bits per heavy atom. The van der Waals surface area contributed by atoms with Gasteiger partial charge in [-0.1, -0.05) is 18.2 Å². The number of benzene rings is 2. The summed E-state index contributed by atoms with van der Waals surface area (Å²) in [6, 6.07) is 11.6. The van der Waals surface area contributed by atoms with E-state index < -0.39 is 17.9 Å². The molecular weight excluding hydrogens is 452 g/mol. The van der Waals surface area contributed by atoms with Gasteiger partial charge < -0.3 is 14.2 Å². The van der Waals surface area contributed by atoms with Crippen LogP contribution in [0.3, 0.4) is 0 Å². The lowest BCUT2D eigenvalue weighted by atomic mass is 10.1. The van der Waals surface area contributed by atoms with E-state index in [1.807, 2.05) is 39.0 Å².